The lowest BCUT2D eigenvalue weighted by molar-refractivity contribution is 0.0383. The summed E-state index contributed by atoms with van der Waals surface area (Å²) < 4.78 is 37.0. The molecular weight excluding hydrogens is 537 g/mol. The second-order valence-corrected chi connectivity index (χ2v) is 10.4. The van der Waals surface area contributed by atoms with Crippen LogP contribution >= 0.6 is 11.3 Å². The summed E-state index contributed by atoms with van der Waals surface area (Å²) in [6, 6.07) is 7.35. The molecule has 4 heterocycles. The molecule has 1 N–H and O–H groups in total. The standard InChI is InChI=1S/C28H24FN5O5S/c1-13-5-18(23-19(6-13)33-21(36-4)10-30-23)27-34-22-14(2)8-20-24(25(22)40-27)37-11-17(39-20)12-38-28(35)32-16-7-15(3)26(29)31-9-16/h5-10,17H,11-12H2,1-4H3,(H,32,35). The van der Waals surface area contributed by atoms with E-state index >= 15 is 0 Å². The molecule has 12 heteroatoms. The van der Waals surface area contributed by atoms with Crippen molar-refractivity contribution in [1.82, 2.24) is 19.9 Å². The fourth-order valence-electron chi connectivity index (χ4n) is 4.45. The van der Waals surface area contributed by atoms with Crippen molar-refractivity contribution in [2.45, 2.75) is 26.9 Å². The molecule has 0 fully saturated rings. The fraction of sp³-hybridized carbons (Fsp3) is 0.250. The molecule has 0 saturated carbocycles. The van der Waals surface area contributed by atoms with E-state index < -0.39 is 18.1 Å². The number of ether oxygens (including phenoxy) is 4. The van der Waals surface area contributed by atoms with Gasteiger partial charge in [0.05, 0.1) is 41.7 Å². The Kier molecular flexibility index (Phi) is 6.54. The molecule has 1 aliphatic heterocycles. The molecule has 0 bridgehead atoms. The highest BCUT2D eigenvalue weighted by molar-refractivity contribution is 7.22. The SMILES string of the molecule is COc1cnc2c(-c3nc4c(C)cc5c(c4s3)OCC(COC(=O)Nc3cnc(F)c(C)c3)O5)cc(C)cc2n1. The van der Waals surface area contributed by atoms with Gasteiger partial charge in [0, 0.05) is 11.1 Å². The zero-order valence-electron chi connectivity index (χ0n) is 22.1. The molecule has 3 aromatic heterocycles. The first-order valence-corrected chi connectivity index (χ1v) is 13.2. The first-order chi connectivity index (χ1) is 19.3. The molecule has 0 saturated heterocycles. The lowest BCUT2D eigenvalue weighted by Crippen LogP contribution is -2.35. The molecule has 6 rings (SSSR count). The number of rotatable bonds is 5. The van der Waals surface area contributed by atoms with E-state index in [1.54, 1.807) is 20.2 Å². The molecule has 204 valence electrons. The Labute approximate surface area is 232 Å². The molecule has 5 aromatic rings. The van der Waals surface area contributed by atoms with Gasteiger partial charge < -0.3 is 18.9 Å². The number of benzene rings is 2. The van der Waals surface area contributed by atoms with E-state index in [1.807, 2.05) is 32.0 Å². The predicted octanol–water partition coefficient (Wildman–Crippen LogP) is 5.76. The second-order valence-electron chi connectivity index (χ2n) is 9.42. The molecule has 1 atom stereocenters. The van der Waals surface area contributed by atoms with Crippen LogP contribution in [0.2, 0.25) is 0 Å². The summed E-state index contributed by atoms with van der Waals surface area (Å²) in [5.41, 5.74) is 5.75. The largest absolute Gasteiger partial charge is 0.484 e. The van der Waals surface area contributed by atoms with Crippen molar-refractivity contribution in [1.29, 1.82) is 0 Å². The van der Waals surface area contributed by atoms with Crippen LogP contribution in [0.15, 0.2) is 36.7 Å². The van der Waals surface area contributed by atoms with Crippen LogP contribution in [-0.2, 0) is 4.74 Å². The first-order valence-electron chi connectivity index (χ1n) is 12.4. The molecule has 0 spiro atoms. The summed E-state index contributed by atoms with van der Waals surface area (Å²) in [6.45, 7) is 5.66. The zero-order chi connectivity index (χ0) is 28.0. The number of hydrogen-bond donors (Lipinski definition) is 1. The Morgan fingerprint density at radius 3 is 2.75 bits per heavy atom. The van der Waals surface area contributed by atoms with Gasteiger partial charge >= 0.3 is 6.09 Å². The minimum Gasteiger partial charge on any atom is -0.484 e. The van der Waals surface area contributed by atoms with Crippen LogP contribution in [0.4, 0.5) is 14.9 Å². The number of hydrogen-bond acceptors (Lipinski definition) is 10. The number of nitrogens with one attached hydrogen (secondary N) is 1. The van der Waals surface area contributed by atoms with Crippen molar-refractivity contribution in [2.24, 2.45) is 0 Å². The number of pyridine rings is 1. The summed E-state index contributed by atoms with van der Waals surface area (Å²) in [7, 11) is 1.56. The number of amides is 1. The lowest BCUT2D eigenvalue weighted by Gasteiger charge is -2.26. The number of nitrogens with zero attached hydrogens (tertiary/aromatic N) is 4. The predicted molar refractivity (Wildman–Crippen MR) is 148 cm³/mol. The van der Waals surface area contributed by atoms with E-state index in [0.717, 1.165) is 42.9 Å². The Morgan fingerprint density at radius 1 is 1.10 bits per heavy atom. The number of carbonyl (C=O) groups excluding carboxylic acids is 1. The number of thiazole rings is 1. The second kappa shape index (κ2) is 10.2. The van der Waals surface area contributed by atoms with Crippen molar-refractivity contribution < 1.29 is 28.1 Å². The minimum atomic E-state index is -0.702. The van der Waals surface area contributed by atoms with Gasteiger partial charge in [-0.25, -0.2) is 24.7 Å². The zero-order valence-corrected chi connectivity index (χ0v) is 22.9. The van der Waals surface area contributed by atoms with Gasteiger partial charge in [-0.1, -0.05) is 0 Å². The number of aryl methyl sites for hydroxylation is 3. The summed E-state index contributed by atoms with van der Waals surface area (Å²) in [4.78, 5) is 29.9. The summed E-state index contributed by atoms with van der Waals surface area (Å²) in [5, 5.41) is 3.32. The summed E-state index contributed by atoms with van der Waals surface area (Å²) >= 11 is 1.49. The molecule has 1 amide bonds. The maximum Gasteiger partial charge on any atom is 0.411 e. The Hall–Kier alpha value is -4.58. The summed E-state index contributed by atoms with van der Waals surface area (Å²) in [5.74, 6) is 1.01. The van der Waals surface area contributed by atoms with Crippen LogP contribution in [0.25, 0.3) is 31.8 Å². The number of halogens is 1. The fourth-order valence-corrected chi connectivity index (χ4v) is 5.60. The number of anilines is 1. The molecule has 2 aromatic carbocycles. The Morgan fingerprint density at radius 2 is 1.95 bits per heavy atom. The highest BCUT2D eigenvalue weighted by Crippen LogP contribution is 2.46. The van der Waals surface area contributed by atoms with Gasteiger partial charge in [-0.3, -0.25) is 5.32 Å². The monoisotopic (exact) mass is 561 g/mol. The van der Waals surface area contributed by atoms with Gasteiger partial charge in [0.2, 0.25) is 11.8 Å². The number of carbonyl (C=O) groups is 1. The van der Waals surface area contributed by atoms with Gasteiger partial charge in [-0.05, 0) is 56.2 Å². The van der Waals surface area contributed by atoms with Crippen LogP contribution in [0.1, 0.15) is 16.7 Å². The van der Waals surface area contributed by atoms with Gasteiger partial charge in [0.1, 0.15) is 22.9 Å². The molecule has 10 nitrogen and oxygen atoms in total. The Bertz CT molecular complexity index is 1790. The number of aromatic nitrogens is 4. The van der Waals surface area contributed by atoms with Gasteiger partial charge in [-0.2, -0.15) is 4.39 Å². The first kappa shape index (κ1) is 25.7. The van der Waals surface area contributed by atoms with Crippen LogP contribution in [0.3, 0.4) is 0 Å². The molecule has 1 unspecified atom stereocenters. The van der Waals surface area contributed by atoms with E-state index in [-0.39, 0.29) is 13.2 Å². The third kappa shape index (κ3) is 4.81. The highest BCUT2D eigenvalue weighted by Gasteiger charge is 2.27. The van der Waals surface area contributed by atoms with E-state index in [9.17, 15) is 9.18 Å². The van der Waals surface area contributed by atoms with E-state index in [1.165, 1.54) is 23.6 Å². The van der Waals surface area contributed by atoms with Crippen molar-refractivity contribution in [2.75, 3.05) is 25.6 Å². The maximum atomic E-state index is 13.4. The van der Waals surface area contributed by atoms with E-state index in [0.29, 0.717) is 28.6 Å². The van der Waals surface area contributed by atoms with E-state index in [2.05, 4.69) is 20.3 Å². The minimum absolute atomic E-state index is 0.0404. The third-order valence-corrected chi connectivity index (χ3v) is 7.44. The van der Waals surface area contributed by atoms with Crippen LogP contribution in [0, 0.1) is 26.7 Å². The van der Waals surface area contributed by atoms with Crippen molar-refractivity contribution in [3.8, 4) is 28.0 Å². The molecule has 0 radical (unpaired) electrons. The third-order valence-electron chi connectivity index (χ3n) is 6.36. The molecular formula is C28H24FN5O5S. The number of methoxy groups -OCH3 is 1. The van der Waals surface area contributed by atoms with E-state index in [4.69, 9.17) is 23.9 Å². The normalized spacial score (nSPS) is 14.4. The van der Waals surface area contributed by atoms with Crippen molar-refractivity contribution in [3.05, 3.63) is 59.3 Å². The van der Waals surface area contributed by atoms with Gasteiger partial charge in [-0.15, -0.1) is 11.3 Å². The quantitative estimate of drug-likeness (QED) is 0.267. The average Bonchev–Trinajstić information content (AvgIpc) is 3.39. The highest BCUT2D eigenvalue weighted by atomic mass is 32.1. The van der Waals surface area contributed by atoms with Gasteiger partial charge in [0.15, 0.2) is 17.6 Å². The topological polar surface area (TPSA) is 118 Å². The molecule has 40 heavy (non-hydrogen) atoms. The van der Waals surface area contributed by atoms with Crippen LogP contribution < -0.4 is 19.5 Å². The average molecular weight is 562 g/mol. The van der Waals surface area contributed by atoms with Crippen molar-refractivity contribution >= 4 is 44.4 Å². The summed E-state index contributed by atoms with van der Waals surface area (Å²) in [6.07, 6.45) is 1.60. The maximum absolute atomic E-state index is 13.4. The molecule has 0 aliphatic carbocycles. The van der Waals surface area contributed by atoms with Crippen molar-refractivity contribution in [3.63, 3.8) is 0 Å². The van der Waals surface area contributed by atoms with Crippen LogP contribution in [-0.4, -0.2) is 52.5 Å². The van der Waals surface area contributed by atoms with Gasteiger partial charge in [0.25, 0.3) is 0 Å². The van der Waals surface area contributed by atoms with Crippen LogP contribution in [0.5, 0.6) is 17.4 Å². The smallest absolute Gasteiger partial charge is 0.411 e. The number of fused-ring (bicyclic) bond motifs is 4. The lowest BCUT2D eigenvalue weighted by atomic mass is 10.1. The molecule has 1 aliphatic rings. The Balaban J connectivity index is 1.23.